The van der Waals surface area contributed by atoms with Crippen LogP contribution in [0.4, 0.5) is 0 Å². The molecule has 0 saturated carbocycles. The predicted molar refractivity (Wildman–Crippen MR) is 109 cm³/mol. The Morgan fingerprint density at radius 2 is 1.31 bits per heavy atom. The second kappa shape index (κ2) is 5.64. The zero-order valence-electron chi connectivity index (χ0n) is 7.49. The molecule has 2 rings (SSSR count). The van der Waals surface area contributed by atoms with E-state index in [0.29, 0.717) is 5.75 Å². The summed E-state index contributed by atoms with van der Waals surface area (Å²) in [6.07, 6.45) is 0. The van der Waals surface area contributed by atoms with E-state index in [1.54, 1.807) is 0 Å². The first-order chi connectivity index (χ1) is 7.43. The third kappa shape index (κ3) is 2.55. The first-order valence-electron chi connectivity index (χ1n) is 4.07. The van der Waals surface area contributed by atoms with Crippen LogP contribution in [-0.4, -0.2) is 5.11 Å². The third-order valence-corrected chi connectivity index (χ3v) is 10.4. The van der Waals surface area contributed by atoms with Crippen LogP contribution in [0, 0.1) is 17.9 Å². The number of phenols is 1. The summed E-state index contributed by atoms with van der Waals surface area (Å²) in [6, 6.07) is 3.66. The average molecular weight is 774 g/mol. The lowest BCUT2D eigenvalue weighted by Crippen LogP contribution is -1.95. The fraction of sp³-hybridized carbons (Fsp3) is 0. The van der Waals surface area contributed by atoms with Crippen molar-refractivity contribution >= 4 is 124 Å². The molecule has 2 aromatic carbocycles. The number of hydrogen-bond acceptors (Lipinski definition) is 1. The Hall–Kier alpha value is 2.15. The van der Waals surface area contributed by atoms with Crippen molar-refractivity contribution in [3.63, 3.8) is 0 Å². The molecule has 0 spiro atoms. The van der Waals surface area contributed by atoms with Gasteiger partial charge in [0.1, 0.15) is 5.75 Å². The van der Waals surface area contributed by atoms with Crippen LogP contribution in [-0.2, 0) is 0 Å². The van der Waals surface area contributed by atoms with Crippen molar-refractivity contribution < 1.29 is 5.11 Å². The Kier molecular flexibility index (Phi) is 5.14. The van der Waals surface area contributed by atoms with Gasteiger partial charge < -0.3 is 5.11 Å². The summed E-state index contributed by atoms with van der Waals surface area (Å²) < 4.78 is 6.13. The summed E-state index contributed by atoms with van der Waals surface area (Å²) in [4.78, 5) is 0. The smallest absolute Gasteiger partial charge is 0.117 e. The quantitative estimate of drug-likeness (QED) is 0.211. The number of hydrogen-bond donors (Lipinski definition) is 1. The molecule has 1 nitrogen and oxygen atoms in total. The monoisotopic (exact) mass is 774 g/mol. The van der Waals surface area contributed by atoms with Crippen molar-refractivity contribution in [1.29, 1.82) is 0 Å². The number of rotatable bonds is 0. The Bertz CT molecular complexity index is 594. The van der Waals surface area contributed by atoms with Gasteiger partial charge in [-0.25, -0.2) is 0 Å². The van der Waals surface area contributed by atoms with E-state index in [9.17, 15) is 5.11 Å². The molecule has 0 aromatic heterocycles. The molecule has 0 radical (unpaired) electrons. The van der Waals surface area contributed by atoms with Crippen LogP contribution < -0.4 is 0 Å². The molecule has 0 aliphatic carbocycles. The van der Waals surface area contributed by atoms with Crippen LogP contribution in [0.2, 0.25) is 0 Å². The molecule has 1 N–H and O–H groups in total. The number of halogens is 5. The fourth-order valence-electron chi connectivity index (χ4n) is 1.41. The van der Waals surface area contributed by atoms with Gasteiger partial charge in [0, 0.05) is 28.6 Å². The van der Waals surface area contributed by atoms with E-state index < -0.39 is 0 Å². The molecule has 84 valence electrons. The highest BCUT2D eigenvalue weighted by Crippen LogP contribution is 2.38. The standard InChI is InChI=1S/C10H3I5O/c11-5-2-3(16)1-4-6(5)8(13)10(15)9(14)7(4)12/h1-2,16H. The van der Waals surface area contributed by atoms with Crippen LogP contribution in [0.15, 0.2) is 12.1 Å². The number of benzene rings is 2. The van der Waals surface area contributed by atoms with Gasteiger partial charge >= 0.3 is 0 Å². The Morgan fingerprint density at radius 1 is 0.750 bits per heavy atom. The minimum absolute atomic E-state index is 0.336. The SMILES string of the molecule is Oc1cc(I)c2c(I)c(I)c(I)c(I)c2c1. The van der Waals surface area contributed by atoms with Crippen LogP contribution in [0.3, 0.4) is 0 Å². The molecule has 2 aromatic rings. The lowest BCUT2D eigenvalue weighted by Gasteiger charge is -2.11. The van der Waals surface area contributed by atoms with Gasteiger partial charge in [0.2, 0.25) is 0 Å². The van der Waals surface area contributed by atoms with Crippen LogP contribution >= 0.6 is 113 Å². The normalized spacial score (nSPS) is 11.1. The summed E-state index contributed by atoms with van der Waals surface area (Å²) >= 11 is 11.8. The second-order valence-corrected chi connectivity index (χ2v) is 8.58. The van der Waals surface area contributed by atoms with Crippen molar-refractivity contribution in [2.24, 2.45) is 0 Å². The minimum atomic E-state index is 0.336. The Balaban J connectivity index is 3.08. The van der Waals surface area contributed by atoms with Crippen molar-refractivity contribution in [3.05, 3.63) is 30.0 Å². The van der Waals surface area contributed by atoms with Gasteiger partial charge in [-0.3, -0.25) is 0 Å². The van der Waals surface area contributed by atoms with Crippen molar-refractivity contribution in [2.75, 3.05) is 0 Å². The second-order valence-electron chi connectivity index (χ2n) is 3.11. The topological polar surface area (TPSA) is 20.2 Å². The molecule has 0 saturated heterocycles. The molecular formula is C10H3I5O. The highest BCUT2D eigenvalue weighted by Gasteiger charge is 2.15. The van der Waals surface area contributed by atoms with Gasteiger partial charge in [-0.2, -0.15) is 0 Å². The molecule has 0 unspecified atom stereocenters. The summed E-state index contributed by atoms with van der Waals surface area (Å²) in [6.45, 7) is 0. The first-order valence-corrected chi connectivity index (χ1v) is 9.47. The van der Waals surface area contributed by atoms with E-state index in [4.69, 9.17) is 0 Å². The molecular weight excluding hydrogens is 771 g/mol. The Labute approximate surface area is 161 Å². The van der Waals surface area contributed by atoms with Crippen LogP contribution in [0.25, 0.3) is 10.8 Å². The molecule has 0 heterocycles. The summed E-state index contributed by atoms with van der Waals surface area (Å²) in [5, 5.41) is 12.1. The molecule has 6 heteroatoms. The zero-order valence-corrected chi connectivity index (χ0v) is 18.3. The zero-order chi connectivity index (χ0) is 12.0. The predicted octanol–water partition coefficient (Wildman–Crippen LogP) is 5.57. The van der Waals surface area contributed by atoms with Gasteiger partial charge in [-0.15, -0.1) is 0 Å². The van der Waals surface area contributed by atoms with E-state index in [0.717, 1.165) is 8.96 Å². The lowest BCUT2D eigenvalue weighted by atomic mass is 10.1. The fourth-order valence-corrected chi connectivity index (χ4v) is 6.48. The largest absolute Gasteiger partial charge is 0.508 e. The van der Waals surface area contributed by atoms with Crippen molar-refractivity contribution in [1.82, 2.24) is 0 Å². The highest BCUT2D eigenvalue weighted by atomic mass is 127. The molecule has 0 fully saturated rings. The van der Waals surface area contributed by atoms with Gasteiger partial charge in [-0.1, -0.05) is 0 Å². The highest BCUT2D eigenvalue weighted by molar-refractivity contribution is 14.1. The maximum absolute atomic E-state index is 9.67. The van der Waals surface area contributed by atoms with E-state index in [1.807, 2.05) is 12.1 Å². The van der Waals surface area contributed by atoms with Crippen molar-refractivity contribution in [3.8, 4) is 5.75 Å². The summed E-state index contributed by atoms with van der Waals surface area (Å²) in [7, 11) is 0. The van der Waals surface area contributed by atoms with Gasteiger partial charge in [0.05, 0.1) is 0 Å². The lowest BCUT2D eigenvalue weighted by molar-refractivity contribution is 0.476. The summed E-state index contributed by atoms with van der Waals surface area (Å²) in [5.74, 6) is 0.336. The van der Waals surface area contributed by atoms with E-state index in [-0.39, 0.29) is 0 Å². The average Bonchev–Trinajstić information content (AvgIpc) is 2.22. The van der Waals surface area contributed by atoms with Crippen LogP contribution in [0.1, 0.15) is 0 Å². The molecule has 0 amide bonds. The maximum atomic E-state index is 9.67. The third-order valence-electron chi connectivity index (χ3n) is 2.11. The molecule has 0 bridgehead atoms. The molecule has 0 aliphatic heterocycles. The van der Waals surface area contributed by atoms with E-state index >= 15 is 0 Å². The van der Waals surface area contributed by atoms with Crippen molar-refractivity contribution in [2.45, 2.75) is 0 Å². The number of aromatic hydroxyl groups is 1. The van der Waals surface area contributed by atoms with Gasteiger partial charge in [0.15, 0.2) is 0 Å². The Morgan fingerprint density at radius 3 is 1.94 bits per heavy atom. The van der Waals surface area contributed by atoms with Crippen LogP contribution in [0.5, 0.6) is 5.75 Å². The number of fused-ring (bicyclic) bond motifs is 1. The summed E-state index contributed by atoms with van der Waals surface area (Å²) in [5.41, 5.74) is 0. The molecule has 16 heavy (non-hydrogen) atoms. The maximum Gasteiger partial charge on any atom is 0.117 e. The molecule has 0 atom stereocenters. The van der Waals surface area contributed by atoms with E-state index in [1.165, 1.54) is 19.7 Å². The van der Waals surface area contributed by atoms with E-state index in [2.05, 4.69) is 113 Å². The van der Waals surface area contributed by atoms with Gasteiger partial charge in [-0.05, 0) is 125 Å². The minimum Gasteiger partial charge on any atom is -0.508 e. The van der Waals surface area contributed by atoms with Gasteiger partial charge in [0.25, 0.3) is 0 Å². The number of phenolic OH excluding ortho intramolecular Hbond substituents is 1. The molecule has 0 aliphatic rings. The first kappa shape index (κ1) is 14.6.